The molecule has 5 aromatic rings. The lowest BCUT2D eigenvalue weighted by molar-refractivity contribution is -0.139. The maximum absolute atomic E-state index is 15.1. The molecule has 0 spiro atoms. The number of aryl methyl sites for hydroxylation is 2. The number of carbonyl (C=O) groups excluding carboxylic acids is 1. The average Bonchev–Trinajstić information content (AvgIpc) is 3.51. The molecule has 12 heteroatoms. The molecule has 2 N–H and O–H groups in total. The van der Waals surface area contributed by atoms with E-state index in [0.717, 1.165) is 28.6 Å². The molecular formula is C33H31F2N5O5. The molecule has 0 unspecified atom stereocenters. The highest BCUT2D eigenvalue weighted by Crippen LogP contribution is 2.30. The smallest absolute Gasteiger partial charge is 0.326 e. The highest BCUT2D eigenvalue weighted by atomic mass is 19.1. The number of nitrogens with zero attached hydrogens (tertiary/aromatic N) is 4. The Balaban J connectivity index is 1.31. The maximum Gasteiger partial charge on any atom is 0.326 e. The largest absolute Gasteiger partial charge is 0.480 e. The predicted molar refractivity (Wildman–Crippen MR) is 165 cm³/mol. The highest BCUT2D eigenvalue weighted by Gasteiger charge is 2.28. The molecule has 1 fully saturated rings. The van der Waals surface area contributed by atoms with E-state index >= 15 is 8.78 Å². The van der Waals surface area contributed by atoms with Gasteiger partial charge in [-0.25, -0.2) is 18.6 Å². The van der Waals surface area contributed by atoms with E-state index in [1.807, 2.05) is 38.1 Å². The number of rotatable bonds is 7. The van der Waals surface area contributed by atoms with Crippen LogP contribution in [0.2, 0.25) is 0 Å². The number of aromatic nitrogens is 3. The van der Waals surface area contributed by atoms with E-state index in [1.54, 1.807) is 39.2 Å². The predicted octanol–water partition coefficient (Wildman–Crippen LogP) is 4.09. The van der Waals surface area contributed by atoms with Gasteiger partial charge in [0.2, 0.25) is 0 Å². The summed E-state index contributed by atoms with van der Waals surface area (Å²) in [5.41, 5.74) is 2.65. The molecule has 1 amide bonds. The molecule has 0 aliphatic carbocycles. The summed E-state index contributed by atoms with van der Waals surface area (Å²) in [4.78, 5) is 45.1. The van der Waals surface area contributed by atoms with Crippen molar-refractivity contribution in [1.29, 1.82) is 0 Å². The average molecular weight is 616 g/mol. The summed E-state index contributed by atoms with van der Waals surface area (Å²) in [5.74, 6) is -4.77. The molecule has 3 aromatic heterocycles. The summed E-state index contributed by atoms with van der Waals surface area (Å²) in [7, 11) is 1.70. The van der Waals surface area contributed by atoms with Crippen LogP contribution >= 0.6 is 0 Å². The van der Waals surface area contributed by atoms with E-state index in [4.69, 9.17) is 4.74 Å². The fourth-order valence-electron chi connectivity index (χ4n) is 6.10. The number of carbonyl (C=O) groups is 2. The van der Waals surface area contributed by atoms with Gasteiger partial charge in [0.1, 0.15) is 28.9 Å². The Labute approximate surface area is 256 Å². The van der Waals surface area contributed by atoms with Gasteiger partial charge in [0.25, 0.3) is 11.5 Å². The van der Waals surface area contributed by atoms with E-state index in [0.29, 0.717) is 42.2 Å². The normalized spacial score (nSPS) is 15.8. The molecule has 0 bridgehead atoms. The Bertz CT molecular complexity index is 2010. The molecule has 0 saturated carbocycles. The van der Waals surface area contributed by atoms with Gasteiger partial charge in [0.15, 0.2) is 0 Å². The lowest BCUT2D eigenvalue weighted by Crippen LogP contribution is -2.44. The summed E-state index contributed by atoms with van der Waals surface area (Å²) >= 11 is 0. The number of carboxylic acid groups (broad SMARTS) is 1. The van der Waals surface area contributed by atoms with Gasteiger partial charge in [-0.3, -0.25) is 9.59 Å². The topological polar surface area (TPSA) is 118 Å². The lowest BCUT2D eigenvalue weighted by Gasteiger charge is -2.35. The monoisotopic (exact) mass is 615 g/mol. The molecule has 1 saturated heterocycles. The minimum Gasteiger partial charge on any atom is -0.480 e. The van der Waals surface area contributed by atoms with Crippen molar-refractivity contribution in [3.63, 3.8) is 0 Å². The van der Waals surface area contributed by atoms with E-state index in [9.17, 15) is 19.5 Å². The van der Waals surface area contributed by atoms with Crippen LogP contribution in [0.3, 0.4) is 0 Å². The quantitative estimate of drug-likeness (QED) is 0.283. The zero-order valence-corrected chi connectivity index (χ0v) is 24.9. The number of halogens is 2. The van der Waals surface area contributed by atoms with Gasteiger partial charge in [0.05, 0.1) is 24.3 Å². The summed E-state index contributed by atoms with van der Waals surface area (Å²) in [6.07, 6.45) is 2.93. The number of benzene rings is 2. The van der Waals surface area contributed by atoms with Crippen LogP contribution in [-0.4, -0.2) is 62.8 Å². The van der Waals surface area contributed by atoms with Crippen LogP contribution in [0.1, 0.15) is 28.5 Å². The molecule has 2 aromatic carbocycles. The van der Waals surface area contributed by atoms with Crippen LogP contribution in [-0.2, 0) is 23.0 Å². The number of carboxylic acids is 1. The van der Waals surface area contributed by atoms with E-state index < -0.39 is 35.1 Å². The lowest BCUT2D eigenvalue weighted by atomic mass is 9.98. The second-order valence-electron chi connectivity index (χ2n) is 11.2. The van der Waals surface area contributed by atoms with Gasteiger partial charge in [-0.05, 0) is 49.7 Å². The number of ether oxygens (including phenoxy) is 1. The summed E-state index contributed by atoms with van der Waals surface area (Å²) in [6, 6.07) is 11.4. The number of para-hydroxylation sites is 1. The molecule has 6 rings (SSSR count). The SMILES string of the molecule is Cc1c(-c2ccc(C[C@H](NC(=O)c3c(F)cc(N4CCOC[C@H]4C)cc3F)C(=O)O)n3ccnc23)c(=O)n(C)c2ccccc12. The number of hydrogen-bond acceptors (Lipinski definition) is 6. The van der Waals surface area contributed by atoms with E-state index in [-0.39, 0.29) is 23.7 Å². The fraction of sp³-hybridized carbons (Fsp3) is 0.273. The molecular weight excluding hydrogens is 584 g/mol. The van der Waals surface area contributed by atoms with Crippen molar-refractivity contribution >= 4 is 34.1 Å². The third kappa shape index (κ3) is 5.31. The molecule has 4 heterocycles. The van der Waals surface area contributed by atoms with Crippen molar-refractivity contribution in [3.05, 3.63) is 99.7 Å². The van der Waals surface area contributed by atoms with Crippen LogP contribution in [0.4, 0.5) is 14.5 Å². The summed E-state index contributed by atoms with van der Waals surface area (Å²) in [6.45, 7) is 4.96. The number of aliphatic carboxylic acids is 1. The van der Waals surface area contributed by atoms with Gasteiger partial charge in [-0.2, -0.15) is 0 Å². The Morgan fingerprint density at radius 1 is 1.16 bits per heavy atom. The van der Waals surface area contributed by atoms with Crippen LogP contribution in [0.25, 0.3) is 27.7 Å². The van der Waals surface area contributed by atoms with Gasteiger partial charge in [0, 0.05) is 60.8 Å². The number of amides is 1. The number of imidazole rings is 1. The van der Waals surface area contributed by atoms with Gasteiger partial charge >= 0.3 is 5.97 Å². The van der Waals surface area contributed by atoms with Gasteiger partial charge < -0.3 is 29.0 Å². The first-order valence-electron chi connectivity index (χ1n) is 14.5. The third-order valence-corrected chi connectivity index (χ3v) is 8.44. The summed E-state index contributed by atoms with van der Waals surface area (Å²) < 4.78 is 38.9. The van der Waals surface area contributed by atoms with Crippen molar-refractivity contribution in [3.8, 4) is 11.1 Å². The zero-order chi connectivity index (χ0) is 32.0. The molecule has 0 radical (unpaired) electrons. The number of fused-ring (bicyclic) bond motifs is 2. The standard InChI is InChI=1S/C33H31F2N5O5/c1-18-17-45-13-12-39(18)21-14-24(34)29(25(35)15-21)31(41)37-26(33(43)44)16-20-8-9-23(30-36-10-11-40(20)30)28-19(2)22-6-4-5-7-27(22)38(3)32(28)42/h4-11,14-15,18,26H,12-13,16-17H2,1-3H3,(H,37,41)(H,43,44)/t18-,26+/m1/s1. The third-order valence-electron chi connectivity index (χ3n) is 8.44. The first-order valence-corrected chi connectivity index (χ1v) is 14.5. The van der Waals surface area contributed by atoms with Crippen LogP contribution in [0, 0.1) is 18.6 Å². The zero-order valence-electron chi connectivity index (χ0n) is 24.9. The highest BCUT2D eigenvalue weighted by molar-refractivity contribution is 5.97. The first kappa shape index (κ1) is 29.9. The fourth-order valence-corrected chi connectivity index (χ4v) is 6.10. The van der Waals surface area contributed by atoms with Crippen molar-refractivity contribution in [1.82, 2.24) is 19.3 Å². The number of morpholine rings is 1. The van der Waals surface area contributed by atoms with Crippen molar-refractivity contribution in [2.45, 2.75) is 32.4 Å². The molecule has 10 nitrogen and oxygen atoms in total. The van der Waals surface area contributed by atoms with E-state index in [2.05, 4.69) is 10.3 Å². The Hall–Kier alpha value is -5.10. The van der Waals surface area contributed by atoms with Crippen molar-refractivity contribution in [2.24, 2.45) is 7.05 Å². The Kier molecular flexibility index (Phi) is 7.83. The second-order valence-corrected chi connectivity index (χ2v) is 11.2. The molecule has 2 atom stereocenters. The molecule has 1 aliphatic heterocycles. The second kappa shape index (κ2) is 11.8. The van der Waals surface area contributed by atoms with Gasteiger partial charge in [-0.1, -0.05) is 18.2 Å². The van der Waals surface area contributed by atoms with Crippen molar-refractivity contribution in [2.75, 3.05) is 24.7 Å². The minimum absolute atomic E-state index is 0.117. The van der Waals surface area contributed by atoms with Gasteiger partial charge in [-0.15, -0.1) is 0 Å². The Morgan fingerprint density at radius 3 is 2.60 bits per heavy atom. The minimum atomic E-state index is -1.53. The van der Waals surface area contributed by atoms with E-state index in [1.165, 1.54) is 6.20 Å². The van der Waals surface area contributed by atoms with Crippen LogP contribution in [0.5, 0.6) is 0 Å². The number of hydrogen-bond donors (Lipinski definition) is 2. The van der Waals surface area contributed by atoms with Crippen LogP contribution in [0.15, 0.2) is 65.7 Å². The van der Waals surface area contributed by atoms with Crippen molar-refractivity contribution < 1.29 is 28.2 Å². The first-order chi connectivity index (χ1) is 21.6. The number of anilines is 1. The Morgan fingerprint density at radius 2 is 1.89 bits per heavy atom. The maximum atomic E-state index is 15.1. The molecule has 232 valence electrons. The molecule has 45 heavy (non-hydrogen) atoms. The number of pyridine rings is 2. The number of nitrogens with one attached hydrogen (secondary N) is 1. The van der Waals surface area contributed by atoms with Crippen LogP contribution < -0.4 is 15.8 Å². The summed E-state index contributed by atoms with van der Waals surface area (Å²) in [5, 5.41) is 13.2. The molecule has 1 aliphatic rings.